The summed E-state index contributed by atoms with van der Waals surface area (Å²) in [5.74, 6) is 0. The summed E-state index contributed by atoms with van der Waals surface area (Å²) in [5, 5.41) is 0.217. The number of piperidine rings is 1. The number of ether oxygens (including phenoxy) is 2. The Hall–Kier alpha value is -0.593. The highest BCUT2D eigenvalue weighted by Crippen LogP contribution is 2.46. The number of nitrogens with zero attached hydrogens (tertiary/aromatic N) is 1. The summed E-state index contributed by atoms with van der Waals surface area (Å²) in [7, 11) is -1.73. The van der Waals surface area contributed by atoms with E-state index in [1.807, 2.05) is 20.8 Å². The first kappa shape index (κ1) is 19.7. The highest BCUT2D eigenvalue weighted by molar-refractivity contribution is 6.74. The van der Waals surface area contributed by atoms with Crippen LogP contribution in [0.2, 0.25) is 18.1 Å². The van der Waals surface area contributed by atoms with Gasteiger partial charge >= 0.3 is 6.09 Å². The second kappa shape index (κ2) is 6.29. The molecular weight excluding hydrogens is 322 g/mol. The van der Waals surface area contributed by atoms with E-state index in [1.54, 1.807) is 4.90 Å². The fourth-order valence-electron chi connectivity index (χ4n) is 2.77. The summed E-state index contributed by atoms with van der Waals surface area (Å²) in [5.41, 5.74) is -0.511. The summed E-state index contributed by atoms with van der Waals surface area (Å²) in [6.07, 6.45) is 1.72. The number of amides is 1. The topological polar surface area (TPSA) is 51.3 Å². The van der Waals surface area contributed by atoms with Crippen LogP contribution < -0.4 is 0 Å². The number of likely N-dealkylation sites (tertiary alicyclic amines) is 1. The summed E-state index contributed by atoms with van der Waals surface area (Å²) < 4.78 is 17.7. The second-order valence-corrected chi connectivity index (χ2v) is 14.5. The molecular formula is C18H35NO4Si. The monoisotopic (exact) mass is 357 g/mol. The molecule has 24 heavy (non-hydrogen) atoms. The van der Waals surface area contributed by atoms with Crippen LogP contribution in [0.15, 0.2) is 0 Å². The molecule has 2 rings (SSSR count). The molecule has 1 amide bonds. The number of rotatable bonds is 3. The molecule has 2 aliphatic rings. The minimum atomic E-state index is -1.73. The van der Waals surface area contributed by atoms with E-state index in [-0.39, 0.29) is 22.8 Å². The lowest BCUT2D eigenvalue weighted by Crippen LogP contribution is -2.45. The van der Waals surface area contributed by atoms with Gasteiger partial charge in [-0.05, 0) is 51.7 Å². The van der Waals surface area contributed by atoms with Crippen molar-refractivity contribution in [3.05, 3.63) is 0 Å². The summed E-state index contributed by atoms with van der Waals surface area (Å²) >= 11 is 0. The molecule has 2 aliphatic heterocycles. The second-order valence-electron chi connectivity index (χ2n) is 9.71. The van der Waals surface area contributed by atoms with Crippen LogP contribution in [0.3, 0.4) is 0 Å². The van der Waals surface area contributed by atoms with Gasteiger partial charge in [0.2, 0.25) is 0 Å². The highest BCUT2D eigenvalue weighted by Gasteiger charge is 2.58. The van der Waals surface area contributed by atoms with Gasteiger partial charge in [0, 0.05) is 13.1 Å². The van der Waals surface area contributed by atoms with Crippen LogP contribution in [0.1, 0.15) is 54.4 Å². The predicted molar refractivity (Wildman–Crippen MR) is 97.8 cm³/mol. The van der Waals surface area contributed by atoms with Crippen LogP contribution in [-0.4, -0.2) is 56.3 Å². The third kappa shape index (κ3) is 4.52. The zero-order valence-corrected chi connectivity index (χ0v) is 17.7. The quantitative estimate of drug-likeness (QED) is 0.562. The standard InChI is InChI=1S/C18H35NO4Si/c1-16(2,3)23-15(20)19-11-9-18(10-12-19)14(22-18)13-21-24(7,8)17(4,5)6/h14H,9-13H2,1-8H3. The Kier molecular flexibility index (Phi) is 5.17. The van der Waals surface area contributed by atoms with Gasteiger partial charge in [0.1, 0.15) is 17.3 Å². The van der Waals surface area contributed by atoms with Crippen molar-refractivity contribution in [1.29, 1.82) is 0 Å². The molecule has 1 spiro atoms. The van der Waals surface area contributed by atoms with Crippen molar-refractivity contribution in [2.24, 2.45) is 0 Å². The fraction of sp³-hybridized carbons (Fsp3) is 0.944. The number of hydrogen-bond donors (Lipinski definition) is 0. The van der Waals surface area contributed by atoms with E-state index in [4.69, 9.17) is 13.9 Å². The van der Waals surface area contributed by atoms with Gasteiger partial charge in [-0.2, -0.15) is 0 Å². The smallest absolute Gasteiger partial charge is 0.410 e. The van der Waals surface area contributed by atoms with Crippen molar-refractivity contribution >= 4 is 14.4 Å². The van der Waals surface area contributed by atoms with Gasteiger partial charge in [-0.3, -0.25) is 0 Å². The fourth-order valence-corrected chi connectivity index (χ4v) is 3.77. The molecule has 0 N–H and O–H groups in total. The molecule has 0 aromatic carbocycles. The van der Waals surface area contributed by atoms with E-state index in [9.17, 15) is 4.79 Å². The zero-order valence-electron chi connectivity index (χ0n) is 16.7. The van der Waals surface area contributed by atoms with Gasteiger partial charge in [-0.25, -0.2) is 4.79 Å². The first-order valence-corrected chi connectivity index (χ1v) is 12.0. The van der Waals surface area contributed by atoms with Gasteiger partial charge in [-0.15, -0.1) is 0 Å². The number of carbonyl (C=O) groups is 1. The van der Waals surface area contributed by atoms with Crippen molar-refractivity contribution in [1.82, 2.24) is 4.90 Å². The molecule has 2 heterocycles. The van der Waals surface area contributed by atoms with E-state index in [0.717, 1.165) is 12.8 Å². The lowest BCUT2D eigenvalue weighted by Gasteiger charge is -2.36. The molecule has 1 atom stereocenters. The summed E-state index contributed by atoms with van der Waals surface area (Å²) in [6.45, 7) is 19.1. The molecule has 5 nitrogen and oxygen atoms in total. The van der Waals surface area contributed by atoms with Crippen molar-refractivity contribution < 1.29 is 18.7 Å². The highest BCUT2D eigenvalue weighted by atomic mass is 28.4. The molecule has 0 saturated carbocycles. The molecule has 0 aromatic heterocycles. The number of hydrogen-bond acceptors (Lipinski definition) is 4. The SMILES string of the molecule is CC(C)(C)OC(=O)N1CCC2(CC1)OC2CO[Si](C)(C)C(C)(C)C. The molecule has 0 radical (unpaired) electrons. The van der Waals surface area contributed by atoms with Crippen molar-refractivity contribution in [2.75, 3.05) is 19.7 Å². The van der Waals surface area contributed by atoms with E-state index in [0.29, 0.717) is 19.7 Å². The third-order valence-electron chi connectivity index (χ3n) is 5.57. The van der Waals surface area contributed by atoms with Gasteiger partial charge in [0.25, 0.3) is 0 Å². The predicted octanol–water partition coefficient (Wildman–Crippen LogP) is 4.18. The Labute approximate surface area is 148 Å². The maximum atomic E-state index is 12.1. The normalized spacial score (nSPS) is 24.2. The van der Waals surface area contributed by atoms with Crippen LogP contribution in [0.25, 0.3) is 0 Å². The Balaban J connectivity index is 1.79. The minimum Gasteiger partial charge on any atom is -0.444 e. The van der Waals surface area contributed by atoms with E-state index < -0.39 is 13.9 Å². The molecule has 0 aliphatic carbocycles. The molecule has 2 saturated heterocycles. The van der Waals surface area contributed by atoms with Crippen LogP contribution in [0.4, 0.5) is 4.79 Å². The maximum Gasteiger partial charge on any atom is 0.410 e. The maximum absolute atomic E-state index is 12.1. The van der Waals surface area contributed by atoms with Gasteiger partial charge in [0.05, 0.1) is 6.61 Å². The molecule has 0 aromatic rings. The average molecular weight is 358 g/mol. The van der Waals surface area contributed by atoms with Crippen LogP contribution in [0, 0.1) is 0 Å². The lowest BCUT2D eigenvalue weighted by molar-refractivity contribution is 0.0165. The largest absolute Gasteiger partial charge is 0.444 e. The van der Waals surface area contributed by atoms with Crippen molar-refractivity contribution in [3.8, 4) is 0 Å². The van der Waals surface area contributed by atoms with E-state index in [2.05, 4.69) is 33.9 Å². The van der Waals surface area contributed by atoms with Gasteiger partial charge in [0.15, 0.2) is 8.32 Å². The average Bonchev–Trinajstić information content (AvgIpc) is 3.06. The Bertz CT molecular complexity index is 470. The van der Waals surface area contributed by atoms with Crippen LogP contribution >= 0.6 is 0 Å². The van der Waals surface area contributed by atoms with Gasteiger partial charge < -0.3 is 18.8 Å². The zero-order chi connectivity index (χ0) is 18.4. The van der Waals surface area contributed by atoms with Gasteiger partial charge in [-0.1, -0.05) is 20.8 Å². The summed E-state index contributed by atoms with van der Waals surface area (Å²) in [4.78, 5) is 13.9. The van der Waals surface area contributed by atoms with Crippen LogP contribution in [0.5, 0.6) is 0 Å². The van der Waals surface area contributed by atoms with Crippen molar-refractivity contribution in [3.63, 3.8) is 0 Å². The van der Waals surface area contributed by atoms with E-state index >= 15 is 0 Å². The number of epoxide rings is 1. The Morgan fingerprint density at radius 1 is 1.17 bits per heavy atom. The Morgan fingerprint density at radius 3 is 2.17 bits per heavy atom. The number of carbonyl (C=O) groups excluding carboxylic acids is 1. The summed E-state index contributed by atoms with van der Waals surface area (Å²) in [6, 6.07) is 0. The Morgan fingerprint density at radius 2 is 1.71 bits per heavy atom. The first-order valence-electron chi connectivity index (χ1n) is 9.06. The minimum absolute atomic E-state index is 0.0686. The molecule has 1 unspecified atom stereocenters. The van der Waals surface area contributed by atoms with E-state index in [1.165, 1.54) is 0 Å². The molecule has 6 heteroatoms. The lowest BCUT2D eigenvalue weighted by atomic mass is 9.93. The van der Waals surface area contributed by atoms with Crippen molar-refractivity contribution in [2.45, 2.75) is 89.8 Å². The van der Waals surface area contributed by atoms with Crippen LogP contribution in [-0.2, 0) is 13.9 Å². The molecule has 140 valence electrons. The third-order valence-corrected chi connectivity index (χ3v) is 10.1. The first-order chi connectivity index (χ1) is 10.8. The molecule has 0 bridgehead atoms. The molecule has 2 fully saturated rings.